The Morgan fingerprint density at radius 2 is 1.65 bits per heavy atom. The highest BCUT2D eigenvalue weighted by molar-refractivity contribution is 7.19. The van der Waals surface area contributed by atoms with E-state index in [0.29, 0.717) is 16.1 Å². The van der Waals surface area contributed by atoms with E-state index >= 15 is 0 Å². The second-order valence-electron chi connectivity index (χ2n) is 8.21. The fourth-order valence-electron chi connectivity index (χ4n) is 4.52. The summed E-state index contributed by atoms with van der Waals surface area (Å²) in [5, 5.41) is 7.22. The molecule has 5 rings (SSSR count). The van der Waals surface area contributed by atoms with Gasteiger partial charge in [-0.2, -0.15) is 0 Å². The molecule has 0 amide bonds. The Hall–Kier alpha value is -1.75. The second-order valence-corrected chi connectivity index (χ2v) is 10.7. The van der Waals surface area contributed by atoms with Crippen LogP contribution in [0.5, 0.6) is 0 Å². The van der Waals surface area contributed by atoms with E-state index in [2.05, 4.69) is 52.7 Å². The zero-order valence-electron chi connectivity index (χ0n) is 19.4. The van der Waals surface area contributed by atoms with Crippen molar-refractivity contribution in [3.63, 3.8) is 0 Å². The Bertz CT molecular complexity index is 1190. The fourth-order valence-corrected chi connectivity index (χ4v) is 6.18. The van der Waals surface area contributed by atoms with Crippen molar-refractivity contribution in [3.8, 4) is 0 Å². The van der Waals surface area contributed by atoms with Crippen molar-refractivity contribution >= 4 is 61.9 Å². The number of benzene rings is 3. The minimum Gasteiger partial charge on any atom is -0.363 e. The summed E-state index contributed by atoms with van der Waals surface area (Å²) in [7, 11) is 0. The number of rotatable bonds is 5. The Labute approximate surface area is 221 Å². The number of hydrogen-bond donors (Lipinski definition) is 1. The lowest BCUT2D eigenvalue weighted by atomic mass is 9.91. The van der Waals surface area contributed by atoms with Crippen molar-refractivity contribution in [2.24, 2.45) is 0 Å². The maximum Gasteiger partial charge on any atom is 0.0654 e. The molecule has 0 spiro atoms. The molecule has 1 saturated heterocycles. The number of hydrogen-bond acceptors (Lipinski definition) is 3. The van der Waals surface area contributed by atoms with Crippen LogP contribution in [0.3, 0.4) is 0 Å². The number of thiophene rings is 1. The monoisotopic (exact) mass is 530 g/mol. The molecule has 34 heavy (non-hydrogen) atoms. The number of nitrogens with zero attached hydrogens (tertiary/aromatic N) is 1. The van der Waals surface area contributed by atoms with Gasteiger partial charge in [-0.1, -0.05) is 79.0 Å². The summed E-state index contributed by atoms with van der Waals surface area (Å²) in [6.07, 6.45) is 2.04. The van der Waals surface area contributed by atoms with Crippen molar-refractivity contribution in [1.82, 2.24) is 5.32 Å². The van der Waals surface area contributed by atoms with E-state index in [1.807, 2.05) is 55.5 Å². The molecule has 1 aliphatic rings. The third kappa shape index (κ3) is 5.90. The second kappa shape index (κ2) is 11.8. The van der Waals surface area contributed by atoms with Crippen LogP contribution in [0.2, 0.25) is 15.1 Å². The van der Waals surface area contributed by atoms with Gasteiger partial charge in [0.2, 0.25) is 0 Å². The molecule has 2 heterocycles. The molecule has 2 unspecified atom stereocenters. The molecule has 1 N–H and O–H groups in total. The van der Waals surface area contributed by atoms with Crippen LogP contribution in [0.25, 0.3) is 10.1 Å². The smallest absolute Gasteiger partial charge is 0.0654 e. The number of piperidine rings is 1. The van der Waals surface area contributed by atoms with Crippen LogP contribution in [0, 0.1) is 0 Å². The van der Waals surface area contributed by atoms with Crippen LogP contribution in [0.15, 0.2) is 72.8 Å². The predicted octanol–water partition coefficient (Wildman–Crippen LogP) is 9.39. The van der Waals surface area contributed by atoms with Gasteiger partial charge in [-0.05, 0) is 66.3 Å². The zero-order chi connectivity index (χ0) is 24.1. The van der Waals surface area contributed by atoms with Crippen LogP contribution in [-0.4, -0.2) is 12.6 Å². The minimum atomic E-state index is 0.208. The highest BCUT2D eigenvalue weighted by Crippen LogP contribution is 2.40. The molecule has 3 aromatic carbocycles. The number of nitrogens with one attached hydrogen (secondary N) is 1. The molecule has 1 aromatic heterocycles. The normalized spacial score (nSPS) is 18.0. The van der Waals surface area contributed by atoms with Gasteiger partial charge in [0.15, 0.2) is 0 Å². The summed E-state index contributed by atoms with van der Waals surface area (Å²) >= 11 is 20.8. The molecule has 2 atom stereocenters. The average molecular weight is 532 g/mol. The maximum absolute atomic E-state index is 6.60. The molecule has 4 aromatic rings. The van der Waals surface area contributed by atoms with Gasteiger partial charge in [-0.25, -0.2) is 0 Å². The van der Waals surface area contributed by atoms with E-state index in [9.17, 15) is 0 Å². The molecule has 0 saturated carbocycles. The summed E-state index contributed by atoms with van der Waals surface area (Å²) in [5.41, 5.74) is 2.27. The van der Waals surface area contributed by atoms with Crippen LogP contribution in [0.4, 0.5) is 5.69 Å². The molecule has 6 heteroatoms. The van der Waals surface area contributed by atoms with Crippen molar-refractivity contribution in [3.05, 3.63) is 98.3 Å². The van der Waals surface area contributed by atoms with E-state index in [0.717, 1.165) is 36.6 Å². The first-order valence-corrected chi connectivity index (χ1v) is 13.7. The topological polar surface area (TPSA) is 15.3 Å². The Morgan fingerprint density at radius 1 is 0.912 bits per heavy atom. The molecular formula is C28H29Cl3N2S. The van der Waals surface area contributed by atoms with Crippen molar-refractivity contribution in [1.29, 1.82) is 0 Å². The zero-order valence-corrected chi connectivity index (χ0v) is 22.5. The van der Waals surface area contributed by atoms with Crippen molar-refractivity contribution in [2.75, 3.05) is 11.4 Å². The lowest BCUT2D eigenvalue weighted by Gasteiger charge is -2.42. The first kappa shape index (κ1) is 25.3. The van der Waals surface area contributed by atoms with Crippen LogP contribution in [-0.2, 0) is 6.54 Å². The van der Waals surface area contributed by atoms with E-state index < -0.39 is 0 Å². The molecule has 2 nitrogen and oxygen atoms in total. The molecule has 1 aliphatic heterocycles. The van der Waals surface area contributed by atoms with E-state index in [4.69, 9.17) is 34.8 Å². The summed E-state index contributed by atoms with van der Waals surface area (Å²) < 4.78 is 1.34. The van der Waals surface area contributed by atoms with Crippen LogP contribution in [0.1, 0.15) is 43.2 Å². The minimum absolute atomic E-state index is 0.208. The Morgan fingerprint density at radius 3 is 2.38 bits per heavy atom. The van der Waals surface area contributed by atoms with Crippen molar-refractivity contribution in [2.45, 2.75) is 45.3 Å². The quantitative estimate of drug-likeness (QED) is 0.276. The average Bonchev–Trinajstić information content (AvgIpc) is 3.28. The predicted molar refractivity (Wildman–Crippen MR) is 151 cm³/mol. The lowest BCUT2D eigenvalue weighted by Crippen LogP contribution is -2.44. The molecule has 0 bridgehead atoms. The largest absolute Gasteiger partial charge is 0.363 e. The summed E-state index contributed by atoms with van der Waals surface area (Å²) in [4.78, 5) is 3.77. The Balaban J connectivity index is 0.00000133. The van der Waals surface area contributed by atoms with Crippen LogP contribution >= 0.6 is 46.1 Å². The first-order valence-electron chi connectivity index (χ1n) is 11.7. The molecule has 178 valence electrons. The third-order valence-corrected chi connectivity index (χ3v) is 8.02. The molecular weight excluding hydrogens is 503 g/mol. The van der Waals surface area contributed by atoms with E-state index in [1.54, 1.807) is 0 Å². The van der Waals surface area contributed by atoms with Gasteiger partial charge in [0.1, 0.15) is 0 Å². The fraction of sp³-hybridized carbons (Fsp3) is 0.286. The summed E-state index contributed by atoms with van der Waals surface area (Å²) in [5.74, 6) is 0. The van der Waals surface area contributed by atoms with Gasteiger partial charge in [-0.3, -0.25) is 0 Å². The van der Waals surface area contributed by atoms with Crippen LogP contribution < -0.4 is 10.2 Å². The van der Waals surface area contributed by atoms with Gasteiger partial charge in [0.05, 0.1) is 16.8 Å². The van der Waals surface area contributed by atoms with Gasteiger partial charge in [0.25, 0.3) is 0 Å². The summed E-state index contributed by atoms with van der Waals surface area (Å²) in [6.45, 7) is 5.80. The number of halogens is 3. The standard InChI is InChI=1S/C26H23Cl3N2S.C2H6/c27-19-7-5-17(6-8-19)25-15-21(11-12-31(25)24-10-9-20(28)14-23(24)29)30-16-22-13-18-3-1-2-4-26(18)32-22;1-2/h1-10,13-14,21,25,30H,11-12,15-16H2;1-2H3. The Kier molecular flexibility index (Phi) is 8.79. The maximum atomic E-state index is 6.60. The number of anilines is 1. The third-order valence-electron chi connectivity index (χ3n) is 6.12. The molecule has 0 radical (unpaired) electrons. The van der Waals surface area contributed by atoms with Gasteiger partial charge >= 0.3 is 0 Å². The van der Waals surface area contributed by atoms with Gasteiger partial charge in [-0.15, -0.1) is 11.3 Å². The lowest BCUT2D eigenvalue weighted by molar-refractivity contribution is 0.360. The highest BCUT2D eigenvalue weighted by Gasteiger charge is 2.31. The molecule has 0 aliphatic carbocycles. The van der Waals surface area contributed by atoms with E-state index in [1.165, 1.54) is 20.5 Å². The molecule has 1 fully saturated rings. The number of fused-ring (bicyclic) bond motifs is 1. The first-order chi connectivity index (χ1) is 16.6. The van der Waals surface area contributed by atoms with E-state index in [-0.39, 0.29) is 6.04 Å². The van der Waals surface area contributed by atoms with Gasteiger partial charge in [0, 0.05) is 38.8 Å². The highest BCUT2D eigenvalue weighted by atomic mass is 35.5. The summed E-state index contributed by atoms with van der Waals surface area (Å²) in [6, 6.07) is 25.4. The van der Waals surface area contributed by atoms with Gasteiger partial charge < -0.3 is 10.2 Å². The SMILES string of the molecule is CC.Clc1ccc(C2CC(NCc3cc4ccccc4s3)CCN2c2ccc(Cl)cc2Cl)cc1. The van der Waals surface area contributed by atoms with Crippen molar-refractivity contribution < 1.29 is 0 Å².